The molecule has 8 nitrogen and oxygen atoms in total. The van der Waals surface area contributed by atoms with Crippen molar-refractivity contribution in [1.29, 1.82) is 0 Å². The fourth-order valence-electron chi connectivity index (χ4n) is 2.51. The normalized spacial score (nSPS) is 10.4. The molecule has 0 unspecified atom stereocenters. The first-order valence-electron chi connectivity index (χ1n) is 7.91. The van der Waals surface area contributed by atoms with Gasteiger partial charge in [0.2, 0.25) is 17.6 Å². The molecule has 0 atom stereocenters. The van der Waals surface area contributed by atoms with E-state index < -0.39 is 4.92 Å². The van der Waals surface area contributed by atoms with Crippen LogP contribution in [0.5, 0.6) is 0 Å². The number of hydrogen-bond acceptors (Lipinski definition) is 7. The lowest BCUT2D eigenvalue weighted by Crippen LogP contribution is -2.08. The van der Waals surface area contributed by atoms with Gasteiger partial charge in [-0.25, -0.2) is 0 Å². The van der Waals surface area contributed by atoms with Gasteiger partial charge in [-0.05, 0) is 49.2 Å². The minimum Gasteiger partial charge on any atom is -0.378 e. The van der Waals surface area contributed by atoms with Gasteiger partial charge in [-0.15, -0.1) is 0 Å². The Morgan fingerprint density at radius 1 is 0.962 bits per heavy atom. The van der Waals surface area contributed by atoms with Crippen LogP contribution in [-0.4, -0.2) is 14.9 Å². The van der Waals surface area contributed by atoms with Crippen LogP contribution in [0, 0.1) is 24.0 Å². The van der Waals surface area contributed by atoms with Gasteiger partial charge in [-0.1, -0.05) is 24.3 Å². The number of rotatable bonds is 5. The molecule has 0 fully saturated rings. The molecule has 0 bridgehead atoms. The van der Waals surface area contributed by atoms with Crippen molar-refractivity contribution in [3.8, 4) is 0 Å². The average Bonchev–Trinajstić information content (AvgIpc) is 2.54. The number of nitrogens with one attached hydrogen (secondary N) is 2. The number of nitrogens with two attached hydrogens (primary N) is 1. The number of hydrogen-bond donors (Lipinski definition) is 3. The molecule has 3 aromatic rings. The molecule has 0 saturated heterocycles. The molecule has 0 aliphatic carbocycles. The molecule has 0 aliphatic heterocycles. The van der Waals surface area contributed by atoms with E-state index in [1.54, 1.807) is 6.07 Å². The van der Waals surface area contributed by atoms with Gasteiger partial charge in [0.05, 0.1) is 4.92 Å². The quantitative estimate of drug-likeness (QED) is 0.468. The SMILES string of the molecule is Cc1cccc(Nc2nc(N)c([N+](=O)[O-])c(Nc3cccc(C)c3)n2)c1. The maximum atomic E-state index is 11.4. The molecule has 0 saturated carbocycles. The van der Waals surface area contributed by atoms with Gasteiger partial charge in [0.15, 0.2) is 0 Å². The second kappa shape index (κ2) is 7.06. The molecule has 3 rings (SSSR count). The summed E-state index contributed by atoms with van der Waals surface area (Å²) < 4.78 is 0. The first kappa shape index (κ1) is 17.2. The third-order valence-corrected chi connectivity index (χ3v) is 3.65. The summed E-state index contributed by atoms with van der Waals surface area (Å²) >= 11 is 0. The van der Waals surface area contributed by atoms with Gasteiger partial charge in [0, 0.05) is 11.4 Å². The lowest BCUT2D eigenvalue weighted by molar-refractivity contribution is -0.383. The minimum absolute atomic E-state index is 0.0308. The highest BCUT2D eigenvalue weighted by Gasteiger charge is 2.23. The number of nitrogen functional groups attached to an aromatic ring is 1. The van der Waals surface area contributed by atoms with Crippen LogP contribution in [-0.2, 0) is 0 Å². The van der Waals surface area contributed by atoms with Gasteiger partial charge >= 0.3 is 5.69 Å². The zero-order valence-electron chi connectivity index (χ0n) is 14.4. The topological polar surface area (TPSA) is 119 Å². The molecule has 0 radical (unpaired) electrons. The lowest BCUT2D eigenvalue weighted by atomic mass is 10.2. The zero-order valence-corrected chi connectivity index (χ0v) is 14.4. The van der Waals surface area contributed by atoms with Crippen molar-refractivity contribution < 1.29 is 4.92 Å². The van der Waals surface area contributed by atoms with E-state index in [1.165, 1.54) is 0 Å². The van der Waals surface area contributed by atoms with E-state index in [9.17, 15) is 10.1 Å². The van der Waals surface area contributed by atoms with Crippen molar-refractivity contribution in [2.75, 3.05) is 16.4 Å². The fraction of sp³-hybridized carbons (Fsp3) is 0.111. The highest BCUT2D eigenvalue weighted by atomic mass is 16.6. The van der Waals surface area contributed by atoms with Crippen molar-refractivity contribution in [3.05, 3.63) is 69.8 Å². The smallest absolute Gasteiger partial charge is 0.353 e. The van der Waals surface area contributed by atoms with E-state index in [2.05, 4.69) is 20.6 Å². The first-order valence-corrected chi connectivity index (χ1v) is 7.91. The Morgan fingerprint density at radius 3 is 2.08 bits per heavy atom. The van der Waals surface area contributed by atoms with Crippen molar-refractivity contribution >= 4 is 34.6 Å². The van der Waals surface area contributed by atoms with Gasteiger partial charge < -0.3 is 16.4 Å². The van der Waals surface area contributed by atoms with Gasteiger partial charge in [0.1, 0.15) is 0 Å². The van der Waals surface area contributed by atoms with Crippen molar-refractivity contribution in [3.63, 3.8) is 0 Å². The Bertz CT molecular complexity index is 974. The second-order valence-corrected chi connectivity index (χ2v) is 5.88. The second-order valence-electron chi connectivity index (χ2n) is 5.88. The monoisotopic (exact) mass is 350 g/mol. The van der Waals surface area contributed by atoms with Gasteiger partial charge in [-0.2, -0.15) is 9.97 Å². The van der Waals surface area contributed by atoms with Crippen LogP contribution in [0.3, 0.4) is 0 Å². The van der Waals surface area contributed by atoms with Crippen LogP contribution in [0.2, 0.25) is 0 Å². The summed E-state index contributed by atoms with van der Waals surface area (Å²) in [4.78, 5) is 19.1. The van der Waals surface area contributed by atoms with Crippen molar-refractivity contribution in [1.82, 2.24) is 9.97 Å². The summed E-state index contributed by atoms with van der Waals surface area (Å²) in [6.07, 6.45) is 0. The summed E-state index contributed by atoms with van der Waals surface area (Å²) in [5, 5.41) is 17.4. The van der Waals surface area contributed by atoms with E-state index in [4.69, 9.17) is 5.73 Å². The summed E-state index contributed by atoms with van der Waals surface area (Å²) in [6.45, 7) is 3.89. The summed E-state index contributed by atoms with van der Waals surface area (Å²) in [5.74, 6) is -0.00703. The van der Waals surface area contributed by atoms with Crippen LogP contribution < -0.4 is 16.4 Å². The van der Waals surface area contributed by atoms with Crippen LogP contribution >= 0.6 is 0 Å². The summed E-state index contributed by atoms with van der Waals surface area (Å²) in [6, 6.07) is 15.0. The third-order valence-electron chi connectivity index (χ3n) is 3.65. The Labute approximate surface area is 150 Å². The standard InChI is InChI=1S/C18H18N6O2/c1-11-5-3-7-13(9-11)20-17-15(24(25)26)16(19)22-18(23-17)21-14-8-4-6-12(2)10-14/h3-10H,1-2H3,(H4,19,20,21,22,23). The molecular weight excluding hydrogens is 332 g/mol. The number of aryl methyl sites for hydroxylation is 2. The number of benzene rings is 2. The third kappa shape index (κ3) is 3.86. The molecule has 2 aromatic carbocycles. The van der Waals surface area contributed by atoms with E-state index in [0.29, 0.717) is 5.69 Å². The van der Waals surface area contributed by atoms with Crippen LogP contribution in [0.15, 0.2) is 48.5 Å². The van der Waals surface area contributed by atoms with Crippen molar-refractivity contribution in [2.45, 2.75) is 13.8 Å². The minimum atomic E-state index is -0.593. The summed E-state index contributed by atoms with van der Waals surface area (Å²) in [5.41, 5.74) is 8.97. The highest BCUT2D eigenvalue weighted by Crippen LogP contribution is 2.32. The molecule has 8 heteroatoms. The lowest BCUT2D eigenvalue weighted by Gasteiger charge is -2.11. The molecule has 132 valence electrons. The molecule has 1 aromatic heterocycles. The van der Waals surface area contributed by atoms with Crippen LogP contribution in [0.1, 0.15) is 11.1 Å². The summed E-state index contributed by atoms with van der Waals surface area (Å²) in [7, 11) is 0. The molecular formula is C18H18N6O2. The first-order chi connectivity index (χ1) is 12.4. The molecule has 0 aliphatic rings. The predicted molar refractivity (Wildman–Crippen MR) is 102 cm³/mol. The number of anilines is 5. The Morgan fingerprint density at radius 2 is 1.54 bits per heavy atom. The zero-order chi connectivity index (χ0) is 18.7. The van der Waals surface area contributed by atoms with Crippen LogP contribution in [0.25, 0.3) is 0 Å². The van der Waals surface area contributed by atoms with Gasteiger partial charge in [-0.3, -0.25) is 10.1 Å². The number of aromatic nitrogens is 2. The Balaban J connectivity index is 2.00. The van der Waals surface area contributed by atoms with E-state index in [0.717, 1.165) is 16.8 Å². The van der Waals surface area contributed by atoms with Crippen LogP contribution in [0.4, 0.5) is 34.6 Å². The average molecular weight is 350 g/mol. The maximum Gasteiger partial charge on any atom is 0.353 e. The number of nitrogens with zero attached hydrogens (tertiary/aromatic N) is 3. The van der Waals surface area contributed by atoms with E-state index in [1.807, 2.05) is 56.3 Å². The largest absolute Gasteiger partial charge is 0.378 e. The predicted octanol–water partition coefficient (Wildman–Crippen LogP) is 4.07. The maximum absolute atomic E-state index is 11.4. The Kier molecular flexibility index (Phi) is 4.66. The fourth-order valence-corrected chi connectivity index (χ4v) is 2.51. The number of nitro groups is 1. The van der Waals surface area contributed by atoms with Gasteiger partial charge in [0.25, 0.3) is 0 Å². The Hall–Kier alpha value is -3.68. The molecule has 0 spiro atoms. The van der Waals surface area contributed by atoms with E-state index >= 15 is 0 Å². The highest BCUT2D eigenvalue weighted by molar-refractivity contribution is 5.75. The van der Waals surface area contributed by atoms with E-state index in [-0.39, 0.29) is 23.3 Å². The molecule has 1 heterocycles. The molecule has 0 amide bonds. The molecule has 26 heavy (non-hydrogen) atoms. The molecule has 4 N–H and O–H groups in total. The van der Waals surface area contributed by atoms with Crippen molar-refractivity contribution in [2.24, 2.45) is 0 Å².